The van der Waals surface area contributed by atoms with Crippen molar-refractivity contribution in [3.8, 4) is 0 Å². The van der Waals surface area contributed by atoms with Gasteiger partial charge in [0.25, 0.3) is 5.91 Å². The first-order chi connectivity index (χ1) is 11.0. The molecule has 2 aliphatic rings. The van der Waals surface area contributed by atoms with Crippen molar-refractivity contribution in [2.24, 2.45) is 11.7 Å². The Kier molecular flexibility index (Phi) is 5.32. The van der Waals surface area contributed by atoms with Crippen molar-refractivity contribution in [2.75, 3.05) is 44.2 Å². The third kappa shape index (κ3) is 3.43. The Morgan fingerprint density at radius 1 is 1.30 bits per heavy atom. The van der Waals surface area contributed by atoms with Gasteiger partial charge in [-0.15, -0.1) is 11.3 Å². The van der Waals surface area contributed by atoms with Crippen molar-refractivity contribution in [2.45, 2.75) is 11.3 Å². The van der Waals surface area contributed by atoms with Gasteiger partial charge in [0, 0.05) is 37.7 Å². The molecule has 6 nitrogen and oxygen atoms in total. The summed E-state index contributed by atoms with van der Waals surface area (Å²) in [5, 5.41) is 1.69. The number of carbonyl (C=O) groups excluding carboxylic acids is 1. The molecule has 1 atom stereocenters. The van der Waals surface area contributed by atoms with E-state index < -0.39 is 10.0 Å². The van der Waals surface area contributed by atoms with Gasteiger partial charge < -0.3 is 10.6 Å². The van der Waals surface area contributed by atoms with Gasteiger partial charge in [0.05, 0.1) is 0 Å². The van der Waals surface area contributed by atoms with Crippen molar-refractivity contribution >= 4 is 39.0 Å². The second-order valence-corrected chi connectivity index (χ2v) is 9.82. The SMILES string of the molecule is NCC1CCN(C(=O)c2sccc2S(=O)(=O)N2CCSCC2)C1. The van der Waals surface area contributed by atoms with E-state index in [-0.39, 0.29) is 10.8 Å². The molecule has 3 rings (SSSR count). The predicted molar refractivity (Wildman–Crippen MR) is 93.5 cm³/mol. The van der Waals surface area contributed by atoms with Crippen molar-refractivity contribution in [3.63, 3.8) is 0 Å². The van der Waals surface area contributed by atoms with Crippen LogP contribution < -0.4 is 5.73 Å². The highest BCUT2D eigenvalue weighted by Gasteiger charge is 2.34. The lowest BCUT2D eigenvalue weighted by Crippen LogP contribution is -2.38. The molecule has 1 aromatic rings. The van der Waals surface area contributed by atoms with Crippen molar-refractivity contribution < 1.29 is 13.2 Å². The number of thiophene rings is 1. The normalized spacial score (nSPS) is 23.3. The molecule has 2 N–H and O–H groups in total. The maximum Gasteiger partial charge on any atom is 0.265 e. The lowest BCUT2D eigenvalue weighted by atomic mass is 10.1. The summed E-state index contributed by atoms with van der Waals surface area (Å²) in [5.41, 5.74) is 5.67. The number of amides is 1. The van der Waals surface area contributed by atoms with Crippen LogP contribution in [0.1, 0.15) is 16.1 Å². The first-order valence-corrected chi connectivity index (χ1v) is 11.2. The lowest BCUT2D eigenvalue weighted by molar-refractivity contribution is 0.0789. The Morgan fingerprint density at radius 2 is 2.04 bits per heavy atom. The average molecular weight is 376 g/mol. The van der Waals surface area contributed by atoms with E-state index in [4.69, 9.17) is 5.73 Å². The van der Waals surface area contributed by atoms with E-state index in [2.05, 4.69) is 0 Å². The lowest BCUT2D eigenvalue weighted by Gasteiger charge is -2.26. The second-order valence-electron chi connectivity index (χ2n) is 5.77. The van der Waals surface area contributed by atoms with Crippen molar-refractivity contribution in [3.05, 3.63) is 16.3 Å². The summed E-state index contributed by atoms with van der Waals surface area (Å²) >= 11 is 2.97. The van der Waals surface area contributed by atoms with Crippen LogP contribution in [0.2, 0.25) is 0 Å². The van der Waals surface area contributed by atoms with Gasteiger partial charge in [0.15, 0.2) is 0 Å². The molecule has 0 bridgehead atoms. The van der Waals surface area contributed by atoms with Crippen LogP contribution in [-0.2, 0) is 10.0 Å². The van der Waals surface area contributed by atoms with Gasteiger partial charge in [-0.25, -0.2) is 8.42 Å². The molecule has 0 aliphatic carbocycles. The predicted octanol–water partition coefficient (Wildman–Crippen LogP) is 0.906. The van der Waals surface area contributed by atoms with Crippen LogP contribution in [0.15, 0.2) is 16.3 Å². The molecular weight excluding hydrogens is 354 g/mol. The highest BCUT2D eigenvalue weighted by molar-refractivity contribution is 7.99. The van der Waals surface area contributed by atoms with Crippen LogP contribution in [0, 0.1) is 5.92 Å². The summed E-state index contributed by atoms with van der Waals surface area (Å²) in [6.07, 6.45) is 0.888. The largest absolute Gasteiger partial charge is 0.338 e. The van der Waals surface area contributed by atoms with E-state index in [0.29, 0.717) is 43.5 Å². The van der Waals surface area contributed by atoms with Crippen LogP contribution in [-0.4, -0.2) is 67.8 Å². The number of thioether (sulfide) groups is 1. The maximum atomic E-state index is 12.8. The Hall–Kier alpha value is -0.610. The number of hydrogen-bond donors (Lipinski definition) is 1. The number of nitrogens with zero attached hydrogens (tertiary/aromatic N) is 2. The third-order valence-corrected chi connectivity index (χ3v) is 8.23. The van der Waals surface area contributed by atoms with Crippen molar-refractivity contribution in [1.82, 2.24) is 9.21 Å². The Bertz CT molecular complexity index is 668. The molecule has 2 fully saturated rings. The number of nitrogens with two attached hydrogens (primary N) is 1. The standard InChI is InChI=1S/C14H21N3O3S3/c15-9-11-1-3-16(10-11)14(18)13-12(2-6-22-13)23(19,20)17-4-7-21-8-5-17/h2,6,11H,1,3-5,7-10,15H2. The van der Waals surface area contributed by atoms with Crippen LogP contribution in [0.25, 0.3) is 0 Å². The van der Waals surface area contributed by atoms with Crippen LogP contribution >= 0.6 is 23.1 Å². The van der Waals surface area contributed by atoms with Crippen LogP contribution in [0.3, 0.4) is 0 Å². The van der Waals surface area contributed by atoms with Gasteiger partial charge in [0.2, 0.25) is 10.0 Å². The van der Waals surface area contributed by atoms with Crippen LogP contribution in [0.5, 0.6) is 0 Å². The highest BCUT2D eigenvalue weighted by Crippen LogP contribution is 2.29. The molecule has 2 saturated heterocycles. The highest BCUT2D eigenvalue weighted by atomic mass is 32.2. The molecule has 128 valence electrons. The number of rotatable bonds is 4. The minimum atomic E-state index is -3.58. The second kappa shape index (κ2) is 7.10. The first-order valence-electron chi connectivity index (χ1n) is 7.68. The zero-order valence-electron chi connectivity index (χ0n) is 12.8. The van der Waals surface area contributed by atoms with E-state index in [0.717, 1.165) is 17.9 Å². The van der Waals surface area contributed by atoms with E-state index in [1.54, 1.807) is 28.1 Å². The first kappa shape index (κ1) is 17.2. The molecule has 1 unspecified atom stereocenters. The summed E-state index contributed by atoms with van der Waals surface area (Å²) in [6, 6.07) is 1.56. The molecule has 0 aromatic carbocycles. The van der Waals surface area contributed by atoms with Crippen LogP contribution in [0.4, 0.5) is 0 Å². The molecule has 0 spiro atoms. The fraction of sp³-hybridized carbons (Fsp3) is 0.643. The third-order valence-electron chi connectivity index (χ3n) is 4.32. The molecule has 1 amide bonds. The minimum absolute atomic E-state index is 0.163. The monoisotopic (exact) mass is 375 g/mol. The van der Waals surface area contributed by atoms with E-state index in [9.17, 15) is 13.2 Å². The topological polar surface area (TPSA) is 83.7 Å². The van der Waals surface area contributed by atoms with Gasteiger partial charge in [-0.05, 0) is 30.3 Å². The Balaban J connectivity index is 1.83. The molecule has 2 aliphatic heterocycles. The molecule has 23 heavy (non-hydrogen) atoms. The zero-order valence-corrected chi connectivity index (χ0v) is 15.3. The molecular formula is C14H21N3O3S3. The van der Waals surface area contributed by atoms with Gasteiger partial charge >= 0.3 is 0 Å². The zero-order chi connectivity index (χ0) is 16.4. The summed E-state index contributed by atoms with van der Waals surface area (Å²) in [5.74, 6) is 1.74. The van der Waals surface area contributed by atoms with Gasteiger partial charge in [-0.2, -0.15) is 16.1 Å². The number of hydrogen-bond acceptors (Lipinski definition) is 6. The van der Waals surface area contributed by atoms with E-state index in [1.807, 2.05) is 0 Å². The number of carbonyl (C=O) groups is 1. The minimum Gasteiger partial charge on any atom is -0.338 e. The fourth-order valence-electron chi connectivity index (χ4n) is 2.94. The summed E-state index contributed by atoms with van der Waals surface area (Å²) < 4.78 is 27.2. The summed E-state index contributed by atoms with van der Waals surface area (Å²) in [7, 11) is -3.58. The van der Waals surface area contributed by atoms with Gasteiger partial charge in [-0.3, -0.25) is 4.79 Å². The summed E-state index contributed by atoms with van der Waals surface area (Å²) in [4.78, 5) is 15.0. The van der Waals surface area contributed by atoms with Crippen molar-refractivity contribution in [1.29, 1.82) is 0 Å². The number of sulfonamides is 1. The quantitative estimate of drug-likeness (QED) is 0.846. The average Bonchev–Trinajstić information content (AvgIpc) is 3.24. The maximum absolute atomic E-state index is 12.8. The molecule has 9 heteroatoms. The van der Waals surface area contributed by atoms with E-state index in [1.165, 1.54) is 15.6 Å². The molecule has 3 heterocycles. The number of likely N-dealkylation sites (tertiary alicyclic amines) is 1. The molecule has 0 saturated carbocycles. The smallest absolute Gasteiger partial charge is 0.265 e. The Labute approximate surface area is 145 Å². The molecule has 1 aromatic heterocycles. The van der Waals surface area contributed by atoms with Gasteiger partial charge in [0.1, 0.15) is 9.77 Å². The van der Waals surface area contributed by atoms with E-state index >= 15 is 0 Å². The van der Waals surface area contributed by atoms with Gasteiger partial charge in [-0.1, -0.05) is 0 Å². The summed E-state index contributed by atoms with van der Waals surface area (Å²) in [6.45, 7) is 2.85. The fourth-order valence-corrected chi connectivity index (χ4v) is 6.87. The molecule has 0 radical (unpaired) electrons. The Morgan fingerprint density at radius 3 is 2.70 bits per heavy atom.